The summed E-state index contributed by atoms with van der Waals surface area (Å²) < 4.78 is 7.15. The van der Waals surface area contributed by atoms with Crippen LogP contribution in [0.25, 0.3) is 22.3 Å². The lowest BCUT2D eigenvalue weighted by molar-refractivity contribution is 0.0748. The van der Waals surface area contributed by atoms with Gasteiger partial charge in [0.25, 0.3) is 5.91 Å². The number of nitrogens with zero attached hydrogens (tertiary/aromatic N) is 5. The highest BCUT2D eigenvalue weighted by atomic mass is 16.5. The number of piperazine rings is 1. The molecule has 2 aromatic heterocycles. The Balaban J connectivity index is 1.43. The summed E-state index contributed by atoms with van der Waals surface area (Å²) in [6, 6.07) is 20.1. The van der Waals surface area contributed by atoms with Gasteiger partial charge in [-0.05, 0) is 44.2 Å². The molecule has 4 aromatic rings. The maximum atomic E-state index is 13.7. The molecule has 1 fully saturated rings. The standard InChI is InChI=1S/C27H29N5O2/c1-19(2)32-26-24(18-28-32)23(17-25(29-26)20-7-5-4-6-8-20)27(33)31-15-13-30(14-16-31)21-9-11-22(34-3)12-10-21/h4-12,17-19H,13-16H2,1-3H3. The quantitative estimate of drug-likeness (QED) is 0.438. The second-order valence-electron chi connectivity index (χ2n) is 8.82. The predicted molar refractivity (Wildman–Crippen MR) is 134 cm³/mol. The summed E-state index contributed by atoms with van der Waals surface area (Å²) in [5.41, 5.74) is 4.32. The number of amides is 1. The zero-order valence-corrected chi connectivity index (χ0v) is 19.8. The number of aromatic nitrogens is 3. The molecule has 5 rings (SSSR count). The zero-order valence-electron chi connectivity index (χ0n) is 19.8. The highest BCUT2D eigenvalue weighted by Crippen LogP contribution is 2.28. The molecule has 0 N–H and O–H groups in total. The minimum absolute atomic E-state index is 0.0299. The van der Waals surface area contributed by atoms with Gasteiger partial charge in [0.2, 0.25) is 0 Å². The van der Waals surface area contributed by atoms with Crippen LogP contribution in [0.1, 0.15) is 30.2 Å². The van der Waals surface area contributed by atoms with Crippen molar-refractivity contribution in [1.29, 1.82) is 0 Å². The van der Waals surface area contributed by atoms with E-state index in [-0.39, 0.29) is 11.9 Å². The Bertz CT molecular complexity index is 1290. The molecule has 174 valence electrons. The molecule has 1 aliphatic heterocycles. The van der Waals surface area contributed by atoms with Gasteiger partial charge < -0.3 is 14.5 Å². The molecule has 2 aromatic carbocycles. The normalized spacial score (nSPS) is 14.1. The van der Waals surface area contributed by atoms with Gasteiger partial charge in [-0.15, -0.1) is 0 Å². The third kappa shape index (κ3) is 4.09. The van der Waals surface area contributed by atoms with Crippen molar-refractivity contribution in [3.8, 4) is 17.0 Å². The van der Waals surface area contributed by atoms with Crippen LogP contribution in [0, 0.1) is 0 Å². The molecule has 1 aliphatic rings. The number of hydrogen-bond acceptors (Lipinski definition) is 5. The minimum Gasteiger partial charge on any atom is -0.497 e. The molecular weight excluding hydrogens is 426 g/mol. The van der Waals surface area contributed by atoms with Crippen LogP contribution in [0.2, 0.25) is 0 Å². The summed E-state index contributed by atoms with van der Waals surface area (Å²) in [5.74, 6) is 0.873. The number of fused-ring (bicyclic) bond motifs is 1. The van der Waals surface area contributed by atoms with E-state index >= 15 is 0 Å². The SMILES string of the molecule is COc1ccc(N2CCN(C(=O)c3cc(-c4ccccc4)nc4c3cnn4C(C)C)CC2)cc1. The predicted octanol–water partition coefficient (Wildman–Crippen LogP) is 4.65. The molecule has 0 radical (unpaired) electrons. The van der Waals surface area contributed by atoms with E-state index in [0.29, 0.717) is 18.7 Å². The number of rotatable bonds is 5. The molecule has 34 heavy (non-hydrogen) atoms. The van der Waals surface area contributed by atoms with E-state index in [1.807, 2.05) is 58.1 Å². The number of methoxy groups -OCH3 is 1. The fourth-order valence-corrected chi connectivity index (χ4v) is 4.46. The van der Waals surface area contributed by atoms with Gasteiger partial charge in [-0.1, -0.05) is 30.3 Å². The Morgan fingerprint density at radius 3 is 2.32 bits per heavy atom. The zero-order chi connectivity index (χ0) is 23.7. The fourth-order valence-electron chi connectivity index (χ4n) is 4.46. The van der Waals surface area contributed by atoms with E-state index in [4.69, 9.17) is 9.72 Å². The molecule has 1 saturated heterocycles. The number of benzene rings is 2. The molecule has 1 amide bonds. The Hall–Kier alpha value is -3.87. The number of carbonyl (C=O) groups is 1. The summed E-state index contributed by atoms with van der Waals surface area (Å²) in [5, 5.41) is 5.35. The van der Waals surface area contributed by atoms with Crippen molar-refractivity contribution < 1.29 is 9.53 Å². The largest absolute Gasteiger partial charge is 0.497 e. The summed E-state index contributed by atoms with van der Waals surface area (Å²) in [4.78, 5) is 22.9. The van der Waals surface area contributed by atoms with E-state index in [1.165, 1.54) is 0 Å². The summed E-state index contributed by atoms with van der Waals surface area (Å²) >= 11 is 0. The lowest BCUT2D eigenvalue weighted by Gasteiger charge is -2.36. The Labute approximate surface area is 199 Å². The number of ether oxygens (including phenoxy) is 1. The average Bonchev–Trinajstić information content (AvgIpc) is 3.33. The van der Waals surface area contributed by atoms with Crippen molar-refractivity contribution in [2.24, 2.45) is 0 Å². The Morgan fingerprint density at radius 2 is 1.68 bits per heavy atom. The van der Waals surface area contributed by atoms with Crippen LogP contribution in [-0.2, 0) is 0 Å². The van der Waals surface area contributed by atoms with Crippen molar-refractivity contribution in [2.45, 2.75) is 19.9 Å². The van der Waals surface area contributed by atoms with Crippen LogP contribution < -0.4 is 9.64 Å². The van der Waals surface area contributed by atoms with Crippen molar-refractivity contribution in [3.05, 3.63) is 72.4 Å². The molecular formula is C27H29N5O2. The van der Waals surface area contributed by atoms with Crippen LogP contribution >= 0.6 is 0 Å². The lowest BCUT2D eigenvalue weighted by atomic mass is 10.1. The number of pyridine rings is 1. The number of anilines is 1. The first-order valence-corrected chi connectivity index (χ1v) is 11.7. The van der Waals surface area contributed by atoms with Crippen LogP contribution in [0.3, 0.4) is 0 Å². The number of hydrogen-bond donors (Lipinski definition) is 0. The van der Waals surface area contributed by atoms with E-state index in [9.17, 15) is 4.79 Å². The highest BCUT2D eigenvalue weighted by Gasteiger charge is 2.26. The molecule has 0 saturated carbocycles. The van der Waals surface area contributed by atoms with E-state index in [2.05, 4.69) is 36.0 Å². The smallest absolute Gasteiger partial charge is 0.254 e. The first-order valence-electron chi connectivity index (χ1n) is 11.7. The molecule has 0 bridgehead atoms. The molecule has 0 aliphatic carbocycles. The first-order chi connectivity index (χ1) is 16.5. The minimum atomic E-state index is 0.0299. The van der Waals surface area contributed by atoms with Gasteiger partial charge in [-0.25, -0.2) is 9.67 Å². The Morgan fingerprint density at radius 1 is 0.971 bits per heavy atom. The second kappa shape index (κ2) is 9.17. The van der Waals surface area contributed by atoms with Crippen LogP contribution in [0.5, 0.6) is 5.75 Å². The van der Waals surface area contributed by atoms with Crippen LogP contribution in [-0.4, -0.2) is 58.9 Å². The second-order valence-corrected chi connectivity index (χ2v) is 8.82. The number of carbonyl (C=O) groups excluding carboxylic acids is 1. The van der Waals surface area contributed by atoms with Gasteiger partial charge in [0, 0.05) is 43.5 Å². The molecule has 7 heteroatoms. The van der Waals surface area contributed by atoms with Gasteiger partial charge in [-0.3, -0.25) is 4.79 Å². The third-order valence-corrected chi connectivity index (χ3v) is 6.36. The van der Waals surface area contributed by atoms with Crippen molar-refractivity contribution in [2.75, 3.05) is 38.2 Å². The van der Waals surface area contributed by atoms with Gasteiger partial charge >= 0.3 is 0 Å². The lowest BCUT2D eigenvalue weighted by Crippen LogP contribution is -2.48. The average molecular weight is 456 g/mol. The van der Waals surface area contributed by atoms with Gasteiger partial charge in [0.1, 0.15) is 5.75 Å². The van der Waals surface area contributed by atoms with Crippen molar-refractivity contribution in [1.82, 2.24) is 19.7 Å². The van der Waals surface area contributed by atoms with E-state index in [1.54, 1.807) is 13.3 Å². The first kappa shape index (κ1) is 21.9. The topological polar surface area (TPSA) is 63.5 Å². The van der Waals surface area contributed by atoms with Gasteiger partial charge in [0.15, 0.2) is 5.65 Å². The van der Waals surface area contributed by atoms with Gasteiger partial charge in [0.05, 0.1) is 30.0 Å². The van der Waals surface area contributed by atoms with Crippen molar-refractivity contribution >= 4 is 22.6 Å². The molecule has 0 atom stereocenters. The van der Waals surface area contributed by atoms with E-state index < -0.39 is 0 Å². The van der Waals surface area contributed by atoms with Crippen LogP contribution in [0.15, 0.2) is 66.9 Å². The van der Waals surface area contributed by atoms with Crippen LogP contribution in [0.4, 0.5) is 5.69 Å². The van der Waals surface area contributed by atoms with Crippen molar-refractivity contribution in [3.63, 3.8) is 0 Å². The summed E-state index contributed by atoms with van der Waals surface area (Å²) in [6.07, 6.45) is 1.78. The van der Waals surface area contributed by atoms with Gasteiger partial charge in [-0.2, -0.15) is 5.10 Å². The highest BCUT2D eigenvalue weighted by molar-refractivity contribution is 6.06. The Kier molecular flexibility index (Phi) is 5.92. The molecule has 0 unspecified atom stereocenters. The maximum Gasteiger partial charge on any atom is 0.254 e. The molecule has 3 heterocycles. The molecule has 7 nitrogen and oxygen atoms in total. The van der Waals surface area contributed by atoms with E-state index in [0.717, 1.165) is 46.8 Å². The summed E-state index contributed by atoms with van der Waals surface area (Å²) in [6.45, 7) is 7.03. The summed E-state index contributed by atoms with van der Waals surface area (Å²) in [7, 11) is 1.67. The maximum absolute atomic E-state index is 13.7. The fraction of sp³-hybridized carbons (Fsp3) is 0.296. The monoisotopic (exact) mass is 455 g/mol. The third-order valence-electron chi connectivity index (χ3n) is 6.36. The molecule has 0 spiro atoms.